The van der Waals surface area contributed by atoms with Crippen molar-refractivity contribution >= 4 is 5.97 Å². The molecule has 1 unspecified atom stereocenters. The molecule has 0 saturated heterocycles. The number of hydrogen-bond donors (Lipinski definition) is 2. The van der Waals surface area contributed by atoms with Gasteiger partial charge in [-0.15, -0.1) is 0 Å². The van der Waals surface area contributed by atoms with E-state index in [0.29, 0.717) is 12.8 Å². The molecule has 0 aliphatic carbocycles. The SMILES string of the molecule is Cc1ccc(F)cc1CC(N)CCC(=O)O. The number of rotatable bonds is 5. The summed E-state index contributed by atoms with van der Waals surface area (Å²) < 4.78 is 13.0. The quantitative estimate of drug-likeness (QED) is 0.804. The Balaban J connectivity index is 2.58. The number of halogens is 1. The first kappa shape index (κ1) is 12.6. The molecule has 0 aliphatic heterocycles. The zero-order chi connectivity index (χ0) is 12.1. The Hall–Kier alpha value is -1.42. The Kier molecular flexibility index (Phi) is 4.43. The number of carboxylic acid groups (broad SMARTS) is 1. The van der Waals surface area contributed by atoms with Crippen LogP contribution in [0.2, 0.25) is 0 Å². The van der Waals surface area contributed by atoms with E-state index in [0.717, 1.165) is 11.1 Å². The average molecular weight is 225 g/mol. The maximum Gasteiger partial charge on any atom is 0.303 e. The second-order valence-electron chi connectivity index (χ2n) is 3.97. The fourth-order valence-corrected chi connectivity index (χ4v) is 1.55. The van der Waals surface area contributed by atoms with Gasteiger partial charge in [0.1, 0.15) is 5.82 Å². The molecule has 0 saturated carbocycles. The number of nitrogens with two attached hydrogens (primary N) is 1. The number of aliphatic carboxylic acids is 1. The van der Waals surface area contributed by atoms with Crippen LogP contribution in [-0.2, 0) is 11.2 Å². The Bertz CT molecular complexity index is 379. The van der Waals surface area contributed by atoms with Crippen molar-refractivity contribution in [3.63, 3.8) is 0 Å². The lowest BCUT2D eigenvalue weighted by Gasteiger charge is -2.12. The summed E-state index contributed by atoms with van der Waals surface area (Å²) in [7, 11) is 0. The summed E-state index contributed by atoms with van der Waals surface area (Å²) in [6, 6.07) is 4.32. The Morgan fingerprint density at radius 2 is 2.25 bits per heavy atom. The summed E-state index contributed by atoms with van der Waals surface area (Å²) in [6.07, 6.45) is 0.970. The van der Waals surface area contributed by atoms with Crippen LogP contribution in [0, 0.1) is 12.7 Å². The van der Waals surface area contributed by atoms with E-state index in [-0.39, 0.29) is 18.3 Å². The standard InChI is InChI=1S/C12H16FNO2/c1-8-2-3-10(13)6-9(8)7-11(14)4-5-12(15)16/h2-3,6,11H,4-5,7,14H2,1H3,(H,15,16). The predicted molar refractivity (Wildman–Crippen MR) is 59.7 cm³/mol. The van der Waals surface area contributed by atoms with Crippen LogP contribution in [0.4, 0.5) is 4.39 Å². The Labute approximate surface area is 94.1 Å². The smallest absolute Gasteiger partial charge is 0.303 e. The van der Waals surface area contributed by atoms with Crippen LogP contribution >= 0.6 is 0 Å². The first-order chi connectivity index (χ1) is 7.49. The van der Waals surface area contributed by atoms with Crippen molar-refractivity contribution in [2.24, 2.45) is 5.73 Å². The van der Waals surface area contributed by atoms with Gasteiger partial charge in [0.25, 0.3) is 0 Å². The van der Waals surface area contributed by atoms with E-state index in [9.17, 15) is 9.18 Å². The van der Waals surface area contributed by atoms with Crippen LogP contribution in [0.1, 0.15) is 24.0 Å². The number of carboxylic acids is 1. The lowest BCUT2D eigenvalue weighted by Crippen LogP contribution is -2.24. The minimum absolute atomic E-state index is 0.0511. The molecule has 4 heteroatoms. The van der Waals surface area contributed by atoms with Gasteiger partial charge in [0, 0.05) is 12.5 Å². The Morgan fingerprint density at radius 1 is 1.56 bits per heavy atom. The van der Waals surface area contributed by atoms with Crippen molar-refractivity contribution < 1.29 is 14.3 Å². The first-order valence-corrected chi connectivity index (χ1v) is 5.21. The summed E-state index contributed by atoms with van der Waals surface area (Å²) >= 11 is 0. The third kappa shape index (κ3) is 3.98. The molecule has 3 N–H and O–H groups in total. The second-order valence-corrected chi connectivity index (χ2v) is 3.97. The van der Waals surface area contributed by atoms with Crippen molar-refractivity contribution in [3.8, 4) is 0 Å². The Morgan fingerprint density at radius 3 is 2.88 bits per heavy atom. The van der Waals surface area contributed by atoms with Crippen molar-refractivity contribution in [2.75, 3.05) is 0 Å². The molecule has 0 aliphatic rings. The lowest BCUT2D eigenvalue weighted by molar-refractivity contribution is -0.137. The third-order valence-corrected chi connectivity index (χ3v) is 2.52. The van der Waals surface area contributed by atoms with E-state index >= 15 is 0 Å². The van der Waals surface area contributed by atoms with E-state index in [1.165, 1.54) is 12.1 Å². The van der Waals surface area contributed by atoms with Crippen molar-refractivity contribution in [1.82, 2.24) is 0 Å². The summed E-state index contributed by atoms with van der Waals surface area (Å²) in [6.45, 7) is 1.89. The van der Waals surface area contributed by atoms with Crippen LogP contribution < -0.4 is 5.73 Å². The normalized spacial score (nSPS) is 12.4. The van der Waals surface area contributed by atoms with Crippen molar-refractivity contribution in [1.29, 1.82) is 0 Å². The summed E-state index contributed by atoms with van der Waals surface area (Å²) in [5.41, 5.74) is 7.61. The molecular weight excluding hydrogens is 209 g/mol. The third-order valence-electron chi connectivity index (χ3n) is 2.52. The second kappa shape index (κ2) is 5.61. The average Bonchev–Trinajstić information content (AvgIpc) is 2.20. The highest BCUT2D eigenvalue weighted by atomic mass is 19.1. The first-order valence-electron chi connectivity index (χ1n) is 5.21. The molecular formula is C12H16FNO2. The molecule has 0 spiro atoms. The van der Waals surface area contributed by atoms with Gasteiger partial charge in [0.15, 0.2) is 0 Å². The molecule has 1 atom stereocenters. The van der Waals surface area contributed by atoms with Gasteiger partial charge in [0.05, 0.1) is 0 Å². The summed E-state index contributed by atoms with van der Waals surface area (Å²) in [5, 5.41) is 8.51. The lowest BCUT2D eigenvalue weighted by atomic mass is 9.99. The molecule has 0 bridgehead atoms. The molecule has 1 aromatic carbocycles. The van der Waals surface area contributed by atoms with Crippen molar-refractivity contribution in [3.05, 3.63) is 35.1 Å². The zero-order valence-corrected chi connectivity index (χ0v) is 9.24. The van der Waals surface area contributed by atoms with E-state index in [2.05, 4.69) is 0 Å². The topological polar surface area (TPSA) is 63.3 Å². The highest BCUT2D eigenvalue weighted by Gasteiger charge is 2.09. The maximum atomic E-state index is 13.0. The van der Waals surface area contributed by atoms with Gasteiger partial charge >= 0.3 is 5.97 Å². The summed E-state index contributed by atoms with van der Waals surface area (Å²) in [4.78, 5) is 10.4. The van der Waals surface area contributed by atoms with Crippen LogP contribution in [0.15, 0.2) is 18.2 Å². The number of benzene rings is 1. The van der Waals surface area contributed by atoms with E-state index < -0.39 is 5.97 Å². The fourth-order valence-electron chi connectivity index (χ4n) is 1.55. The fraction of sp³-hybridized carbons (Fsp3) is 0.417. The van der Waals surface area contributed by atoms with Crippen molar-refractivity contribution in [2.45, 2.75) is 32.2 Å². The van der Waals surface area contributed by atoms with Crippen LogP contribution in [0.25, 0.3) is 0 Å². The minimum Gasteiger partial charge on any atom is -0.481 e. The highest BCUT2D eigenvalue weighted by molar-refractivity contribution is 5.66. The minimum atomic E-state index is -0.855. The van der Waals surface area contributed by atoms with Crippen LogP contribution in [0.5, 0.6) is 0 Å². The molecule has 0 aromatic heterocycles. The molecule has 1 aromatic rings. The van der Waals surface area contributed by atoms with E-state index in [4.69, 9.17) is 10.8 Å². The van der Waals surface area contributed by atoms with Gasteiger partial charge in [-0.25, -0.2) is 4.39 Å². The van der Waals surface area contributed by atoms with Crippen LogP contribution in [-0.4, -0.2) is 17.1 Å². The molecule has 16 heavy (non-hydrogen) atoms. The highest BCUT2D eigenvalue weighted by Crippen LogP contribution is 2.13. The largest absolute Gasteiger partial charge is 0.481 e. The summed E-state index contributed by atoms with van der Waals surface area (Å²) in [5.74, 6) is -1.14. The predicted octanol–water partition coefficient (Wildman–Crippen LogP) is 1.87. The van der Waals surface area contributed by atoms with Crippen LogP contribution in [0.3, 0.4) is 0 Å². The number of aryl methyl sites for hydroxylation is 1. The molecule has 0 radical (unpaired) electrons. The van der Waals surface area contributed by atoms with E-state index in [1.54, 1.807) is 6.07 Å². The van der Waals surface area contributed by atoms with Gasteiger partial charge in [-0.2, -0.15) is 0 Å². The van der Waals surface area contributed by atoms with Gasteiger partial charge in [-0.3, -0.25) is 4.79 Å². The monoisotopic (exact) mass is 225 g/mol. The van der Waals surface area contributed by atoms with Gasteiger partial charge in [-0.1, -0.05) is 6.07 Å². The maximum absolute atomic E-state index is 13.0. The number of hydrogen-bond acceptors (Lipinski definition) is 2. The van der Waals surface area contributed by atoms with E-state index in [1.807, 2.05) is 6.92 Å². The van der Waals surface area contributed by atoms with Gasteiger partial charge < -0.3 is 10.8 Å². The molecule has 0 amide bonds. The molecule has 0 heterocycles. The number of carbonyl (C=O) groups is 1. The zero-order valence-electron chi connectivity index (χ0n) is 9.24. The molecule has 0 fully saturated rings. The molecule has 3 nitrogen and oxygen atoms in total. The molecule has 1 rings (SSSR count). The van der Waals surface area contributed by atoms with Gasteiger partial charge in [-0.05, 0) is 43.0 Å². The molecule has 88 valence electrons. The van der Waals surface area contributed by atoms with Gasteiger partial charge in [0.2, 0.25) is 0 Å².